The van der Waals surface area contributed by atoms with Gasteiger partial charge < -0.3 is 0 Å². The molecule has 0 aliphatic carbocycles. The normalized spacial score (nSPS) is 18.7. The van der Waals surface area contributed by atoms with Crippen molar-refractivity contribution < 1.29 is 0 Å². The highest BCUT2D eigenvalue weighted by molar-refractivity contribution is 5.78. The Morgan fingerprint density at radius 2 is 1.92 bits per heavy atom. The lowest BCUT2D eigenvalue weighted by Crippen LogP contribution is -2.35. The Balaban J connectivity index is 1.37. The number of benzene rings is 2. The molecule has 0 radical (unpaired) electrons. The third kappa shape index (κ3) is 3.99. The fourth-order valence-corrected chi connectivity index (χ4v) is 4.18. The van der Waals surface area contributed by atoms with Gasteiger partial charge in [-0.3, -0.25) is 10.00 Å². The van der Waals surface area contributed by atoms with Gasteiger partial charge in [0.1, 0.15) is 0 Å². The number of fused-ring (bicyclic) bond motifs is 1. The van der Waals surface area contributed by atoms with Crippen LogP contribution in [0.4, 0.5) is 0 Å². The van der Waals surface area contributed by atoms with Crippen molar-refractivity contribution in [1.82, 2.24) is 15.1 Å². The van der Waals surface area contributed by atoms with E-state index >= 15 is 0 Å². The predicted octanol–water partition coefficient (Wildman–Crippen LogP) is 5.14. The molecular weight excluding hydrogens is 318 g/mol. The molecule has 1 aliphatic heterocycles. The molecule has 1 aromatic heterocycles. The highest BCUT2D eigenvalue weighted by Gasteiger charge is 2.20. The van der Waals surface area contributed by atoms with E-state index in [0.717, 1.165) is 18.0 Å². The number of aromatic nitrogens is 2. The summed E-state index contributed by atoms with van der Waals surface area (Å²) in [5, 5.41) is 8.39. The van der Waals surface area contributed by atoms with Crippen LogP contribution in [-0.4, -0.2) is 28.2 Å². The summed E-state index contributed by atoms with van der Waals surface area (Å²) in [5.74, 6) is 1.36. The van der Waals surface area contributed by atoms with E-state index in [1.165, 1.54) is 54.4 Å². The Morgan fingerprint density at radius 3 is 2.73 bits per heavy atom. The first kappa shape index (κ1) is 17.3. The zero-order valence-electron chi connectivity index (χ0n) is 15.9. The van der Waals surface area contributed by atoms with Gasteiger partial charge in [0.2, 0.25) is 0 Å². The summed E-state index contributed by atoms with van der Waals surface area (Å²) in [6, 6.07) is 15.9. The molecule has 1 atom stereocenters. The van der Waals surface area contributed by atoms with Gasteiger partial charge in [-0.25, -0.2) is 0 Å². The molecule has 1 saturated heterocycles. The maximum absolute atomic E-state index is 4.13. The average Bonchev–Trinajstić information content (AvgIpc) is 3.10. The maximum Gasteiger partial charge on any atom is 0.0650 e. The zero-order chi connectivity index (χ0) is 17.9. The van der Waals surface area contributed by atoms with E-state index in [0.29, 0.717) is 5.92 Å². The fourth-order valence-electron chi connectivity index (χ4n) is 4.18. The van der Waals surface area contributed by atoms with Crippen molar-refractivity contribution in [2.75, 3.05) is 13.1 Å². The molecular formula is C23H29N3. The van der Waals surface area contributed by atoms with Gasteiger partial charge in [-0.15, -0.1) is 0 Å². The van der Waals surface area contributed by atoms with E-state index in [1.54, 1.807) is 0 Å². The van der Waals surface area contributed by atoms with E-state index < -0.39 is 0 Å². The molecule has 1 N–H and O–H groups in total. The molecule has 3 heteroatoms. The van der Waals surface area contributed by atoms with Crippen LogP contribution in [-0.2, 0) is 13.0 Å². The van der Waals surface area contributed by atoms with Crippen LogP contribution >= 0.6 is 0 Å². The number of H-pyrrole nitrogens is 1. The third-order valence-corrected chi connectivity index (χ3v) is 5.68. The minimum Gasteiger partial charge on any atom is -0.299 e. The van der Waals surface area contributed by atoms with Gasteiger partial charge in [0.25, 0.3) is 0 Å². The van der Waals surface area contributed by atoms with E-state index in [4.69, 9.17) is 0 Å². The van der Waals surface area contributed by atoms with Crippen LogP contribution in [0.2, 0.25) is 0 Å². The highest BCUT2D eigenvalue weighted by atomic mass is 15.1. The molecule has 4 rings (SSSR count). The average molecular weight is 348 g/mol. The Labute approximate surface area is 156 Å². The van der Waals surface area contributed by atoms with Crippen LogP contribution in [0.15, 0.2) is 48.7 Å². The fraction of sp³-hybridized carbons (Fsp3) is 0.435. The standard InChI is InChI=1S/C23H29N3/c1-17(2)21-8-5-18(6-9-21)15-26-11-3-4-20(16-26)12-19-7-10-23-22(13-19)14-24-25-23/h5-10,13-14,17,20H,3-4,11-12,15-16H2,1-2H3,(H,24,25)/t20-/m1/s1. The predicted molar refractivity (Wildman–Crippen MR) is 108 cm³/mol. The first-order valence-electron chi connectivity index (χ1n) is 9.90. The smallest absolute Gasteiger partial charge is 0.0650 e. The number of likely N-dealkylation sites (tertiary alicyclic amines) is 1. The number of hydrogen-bond acceptors (Lipinski definition) is 2. The number of piperidine rings is 1. The molecule has 136 valence electrons. The summed E-state index contributed by atoms with van der Waals surface area (Å²) in [6.07, 6.45) is 5.74. The minimum atomic E-state index is 0.607. The van der Waals surface area contributed by atoms with Crippen molar-refractivity contribution in [1.29, 1.82) is 0 Å². The lowest BCUT2D eigenvalue weighted by atomic mass is 9.90. The Hall–Kier alpha value is -2.13. The van der Waals surface area contributed by atoms with Crippen molar-refractivity contribution in [3.8, 4) is 0 Å². The van der Waals surface area contributed by atoms with Crippen molar-refractivity contribution in [3.05, 3.63) is 65.4 Å². The number of hydrogen-bond donors (Lipinski definition) is 1. The summed E-state index contributed by atoms with van der Waals surface area (Å²) in [7, 11) is 0. The number of nitrogens with zero attached hydrogens (tertiary/aromatic N) is 2. The summed E-state index contributed by atoms with van der Waals surface area (Å²) < 4.78 is 0. The van der Waals surface area contributed by atoms with E-state index in [9.17, 15) is 0 Å². The molecule has 0 amide bonds. The summed E-state index contributed by atoms with van der Waals surface area (Å²) >= 11 is 0. The number of nitrogens with one attached hydrogen (secondary N) is 1. The van der Waals surface area contributed by atoms with Crippen LogP contribution in [0.3, 0.4) is 0 Å². The zero-order valence-corrected chi connectivity index (χ0v) is 15.9. The molecule has 3 nitrogen and oxygen atoms in total. The number of rotatable bonds is 5. The molecule has 3 aromatic rings. The van der Waals surface area contributed by atoms with E-state index in [2.05, 4.69) is 71.4 Å². The first-order valence-corrected chi connectivity index (χ1v) is 9.90. The highest BCUT2D eigenvalue weighted by Crippen LogP contribution is 2.24. The van der Waals surface area contributed by atoms with Crippen LogP contribution < -0.4 is 0 Å². The quantitative estimate of drug-likeness (QED) is 0.693. The summed E-state index contributed by atoms with van der Waals surface area (Å²) in [4.78, 5) is 2.63. The van der Waals surface area contributed by atoms with Crippen molar-refractivity contribution >= 4 is 10.9 Å². The molecule has 0 bridgehead atoms. The molecule has 2 aromatic carbocycles. The Bertz CT molecular complexity index is 847. The van der Waals surface area contributed by atoms with Crippen LogP contribution in [0.25, 0.3) is 10.9 Å². The van der Waals surface area contributed by atoms with E-state index in [1.807, 2.05) is 6.20 Å². The van der Waals surface area contributed by atoms with Gasteiger partial charge in [0.05, 0.1) is 11.7 Å². The molecule has 0 unspecified atom stereocenters. The molecule has 2 heterocycles. The van der Waals surface area contributed by atoms with Crippen LogP contribution in [0.1, 0.15) is 49.3 Å². The van der Waals surface area contributed by atoms with Gasteiger partial charge in [-0.05, 0) is 66.5 Å². The largest absolute Gasteiger partial charge is 0.299 e. The Morgan fingerprint density at radius 1 is 1.12 bits per heavy atom. The molecule has 1 aliphatic rings. The van der Waals surface area contributed by atoms with Gasteiger partial charge >= 0.3 is 0 Å². The second-order valence-corrected chi connectivity index (χ2v) is 8.14. The van der Waals surface area contributed by atoms with Crippen LogP contribution in [0, 0.1) is 5.92 Å². The van der Waals surface area contributed by atoms with Gasteiger partial charge in [0.15, 0.2) is 0 Å². The lowest BCUT2D eigenvalue weighted by molar-refractivity contribution is 0.167. The second-order valence-electron chi connectivity index (χ2n) is 8.14. The third-order valence-electron chi connectivity index (χ3n) is 5.68. The van der Waals surface area contributed by atoms with Gasteiger partial charge in [0, 0.05) is 18.5 Å². The number of aromatic amines is 1. The second kappa shape index (κ2) is 7.63. The summed E-state index contributed by atoms with van der Waals surface area (Å²) in [6.45, 7) is 8.02. The molecule has 26 heavy (non-hydrogen) atoms. The maximum atomic E-state index is 4.13. The lowest BCUT2D eigenvalue weighted by Gasteiger charge is -2.33. The SMILES string of the molecule is CC(C)c1ccc(CN2CCC[C@H](Cc3ccc4[nH]ncc4c3)C2)cc1. The molecule has 0 spiro atoms. The van der Waals surface area contributed by atoms with Crippen LogP contribution in [0.5, 0.6) is 0 Å². The summed E-state index contributed by atoms with van der Waals surface area (Å²) in [5.41, 5.74) is 5.44. The van der Waals surface area contributed by atoms with Gasteiger partial charge in [-0.2, -0.15) is 5.10 Å². The van der Waals surface area contributed by atoms with Gasteiger partial charge in [-0.1, -0.05) is 44.2 Å². The van der Waals surface area contributed by atoms with Crippen molar-refractivity contribution in [3.63, 3.8) is 0 Å². The monoisotopic (exact) mass is 347 g/mol. The van der Waals surface area contributed by atoms with Crippen molar-refractivity contribution in [2.24, 2.45) is 5.92 Å². The first-order chi connectivity index (χ1) is 12.7. The Kier molecular flexibility index (Phi) is 5.07. The molecule has 1 fully saturated rings. The van der Waals surface area contributed by atoms with Crippen molar-refractivity contribution in [2.45, 2.75) is 45.6 Å². The molecule has 0 saturated carbocycles. The van der Waals surface area contributed by atoms with E-state index in [-0.39, 0.29) is 0 Å². The minimum absolute atomic E-state index is 0.607. The topological polar surface area (TPSA) is 31.9 Å².